The van der Waals surface area contributed by atoms with Crippen molar-refractivity contribution in [2.75, 3.05) is 6.54 Å². The van der Waals surface area contributed by atoms with Crippen molar-refractivity contribution in [3.63, 3.8) is 0 Å². The number of rotatable bonds is 2. The molecule has 1 saturated heterocycles. The highest BCUT2D eigenvalue weighted by molar-refractivity contribution is 5.84. The molecule has 1 aromatic heterocycles. The number of aromatic carboxylic acids is 1. The minimum Gasteiger partial charge on any atom is -0.476 e. The number of hydrogen-bond donors (Lipinski definition) is 2. The molecular weight excluding hydrogens is 196 g/mol. The first-order chi connectivity index (χ1) is 7.16. The smallest absolute Gasteiger partial charge is 0.358 e. The van der Waals surface area contributed by atoms with Gasteiger partial charge in [-0.3, -0.25) is 0 Å². The second-order valence-corrected chi connectivity index (χ2v) is 3.93. The van der Waals surface area contributed by atoms with E-state index in [4.69, 9.17) is 5.11 Å². The summed E-state index contributed by atoms with van der Waals surface area (Å²) in [6.07, 6.45) is 3.58. The second-order valence-electron chi connectivity index (χ2n) is 3.93. The summed E-state index contributed by atoms with van der Waals surface area (Å²) in [4.78, 5) is 10.6. The van der Waals surface area contributed by atoms with Crippen LogP contribution in [0.25, 0.3) is 0 Å². The van der Waals surface area contributed by atoms with Crippen molar-refractivity contribution < 1.29 is 9.90 Å². The van der Waals surface area contributed by atoms with Gasteiger partial charge in [0.05, 0.1) is 12.2 Å². The number of piperidine rings is 1. The molecule has 6 heteroatoms. The van der Waals surface area contributed by atoms with Crippen molar-refractivity contribution in [1.29, 1.82) is 0 Å². The maximum absolute atomic E-state index is 10.6. The van der Waals surface area contributed by atoms with Crippen LogP contribution < -0.4 is 5.32 Å². The van der Waals surface area contributed by atoms with Crippen LogP contribution in [0.4, 0.5) is 0 Å². The SMILES string of the molecule is C[C@@H]1CC[C@@H](n2cc(C(=O)O)nn2)CN1. The molecule has 2 heterocycles. The van der Waals surface area contributed by atoms with E-state index < -0.39 is 5.97 Å². The number of carboxylic acids is 1. The Hall–Kier alpha value is -1.43. The summed E-state index contributed by atoms with van der Waals surface area (Å²) in [5, 5.41) is 19.5. The van der Waals surface area contributed by atoms with E-state index in [0.717, 1.165) is 19.4 Å². The van der Waals surface area contributed by atoms with Crippen molar-refractivity contribution >= 4 is 5.97 Å². The van der Waals surface area contributed by atoms with Crippen molar-refractivity contribution in [3.8, 4) is 0 Å². The van der Waals surface area contributed by atoms with Gasteiger partial charge in [-0.1, -0.05) is 5.21 Å². The van der Waals surface area contributed by atoms with E-state index in [9.17, 15) is 4.79 Å². The van der Waals surface area contributed by atoms with Gasteiger partial charge in [0, 0.05) is 12.6 Å². The molecule has 1 aliphatic rings. The quantitative estimate of drug-likeness (QED) is 0.733. The molecule has 0 bridgehead atoms. The van der Waals surface area contributed by atoms with E-state index in [1.807, 2.05) is 0 Å². The summed E-state index contributed by atoms with van der Waals surface area (Å²) >= 11 is 0. The Morgan fingerprint density at radius 1 is 1.67 bits per heavy atom. The largest absolute Gasteiger partial charge is 0.476 e. The van der Waals surface area contributed by atoms with Crippen LogP contribution in [0.15, 0.2) is 6.20 Å². The van der Waals surface area contributed by atoms with E-state index in [1.165, 1.54) is 6.20 Å². The third-order valence-corrected chi connectivity index (χ3v) is 2.74. The molecule has 0 amide bonds. The van der Waals surface area contributed by atoms with Crippen LogP contribution in [0.5, 0.6) is 0 Å². The molecule has 2 N–H and O–H groups in total. The average molecular weight is 210 g/mol. The van der Waals surface area contributed by atoms with E-state index >= 15 is 0 Å². The highest BCUT2D eigenvalue weighted by atomic mass is 16.4. The number of aromatic nitrogens is 3. The van der Waals surface area contributed by atoms with Crippen LogP contribution >= 0.6 is 0 Å². The number of nitrogens with zero attached hydrogens (tertiary/aromatic N) is 3. The molecule has 1 aromatic rings. The maximum Gasteiger partial charge on any atom is 0.358 e. The van der Waals surface area contributed by atoms with Gasteiger partial charge in [-0.15, -0.1) is 5.10 Å². The molecule has 0 unspecified atom stereocenters. The molecule has 0 spiro atoms. The topological polar surface area (TPSA) is 80.0 Å². The zero-order valence-electron chi connectivity index (χ0n) is 8.55. The van der Waals surface area contributed by atoms with Crippen LogP contribution in [-0.2, 0) is 0 Å². The monoisotopic (exact) mass is 210 g/mol. The molecule has 1 aliphatic heterocycles. The lowest BCUT2D eigenvalue weighted by molar-refractivity contribution is 0.0690. The minimum atomic E-state index is -1.03. The van der Waals surface area contributed by atoms with Gasteiger partial charge >= 0.3 is 5.97 Å². The van der Waals surface area contributed by atoms with Gasteiger partial charge in [0.2, 0.25) is 0 Å². The zero-order valence-corrected chi connectivity index (χ0v) is 8.55. The Morgan fingerprint density at radius 3 is 3.00 bits per heavy atom. The molecular formula is C9H14N4O2. The summed E-state index contributed by atoms with van der Waals surface area (Å²) in [6, 6.07) is 0.755. The fraction of sp³-hybridized carbons (Fsp3) is 0.667. The van der Waals surface area contributed by atoms with E-state index in [2.05, 4.69) is 22.6 Å². The van der Waals surface area contributed by atoms with Crippen molar-refractivity contribution in [2.24, 2.45) is 0 Å². The average Bonchev–Trinajstić information content (AvgIpc) is 2.68. The van der Waals surface area contributed by atoms with Gasteiger partial charge in [-0.05, 0) is 19.8 Å². The summed E-state index contributed by atoms with van der Waals surface area (Å²) in [5.74, 6) is -1.03. The highest BCUT2D eigenvalue weighted by Gasteiger charge is 2.21. The molecule has 2 rings (SSSR count). The maximum atomic E-state index is 10.6. The molecule has 0 saturated carbocycles. The lowest BCUT2D eigenvalue weighted by atomic mass is 10.0. The van der Waals surface area contributed by atoms with Crippen LogP contribution in [-0.4, -0.2) is 38.7 Å². The van der Waals surface area contributed by atoms with Gasteiger partial charge in [-0.2, -0.15) is 0 Å². The summed E-state index contributed by atoms with van der Waals surface area (Å²) < 4.78 is 1.64. The molecule has 0 radical (unpaired) electrons. The Labute approximate surface area is 87.3 Å². The number of nitrogens with one attached hydrogen (secondary N) is 1. The van der Waals surface area contributed by atoms with Gasteiger partial charge < -0.3 is 10.4 Å². The zero-order chi connectivity index (χ0) is 10.8. The molecule has 0 aliphatic carbocycles. The third kappa shape index (κ3) is 2.15. The van der Waals surface area contributed by atoms with E-state index in [-0.39, 0.29) is 11.7 Å². The van der Waals surface area contributed by atoms with Crippen molar-refractivity contribution in [3.05, 3.63) is 11.9 Å². The van der Waals surface area contributed by atoms with Gasteiger partial charge in [0.15, 0.2) is 5.69 Å². The summed E-state index contributed by atoms with van der Waals surface area (Å²) in [7, 11) is 0. The summed E-state index contributed by atoms with van der Waals surface area (Å²) in [5.41, 5.74) is 0.00798. The molecule has 15 heavy (non-hydrogen) atoms. The number of hydrogen-bond acceptors (Lipinski definition) is 4. The molecule has 1 fully saturated rings. The van der Waals surface area contributed by atoms with Gasteiger partial charge in [-0.25, -0.2) is 9.48 Å². The lowest BCUT2D eigenvalue weighted by Crippen LogP contribution is -2.38. The first kappa shape index (κ1) is 10.1. The number of carboxylic acid groups (broad SMARTS) is 1. The van der Waals surface area contributed by atoms with Crippen LogP contribution in [0, 0.1) is 0 Å². The molecule has 0 aromatic carbocycles. The third-order valence-electron chi connectivity index (χ3n) is 2.74. The first-order valence-electron chi connectivity index (χ1n) is 5.05. The molecule has 82 valence electrons. The standard InChI is InChI=1S/C9H14N4O2/c1-6-2-3-7(4-10-6)13-5-8(9(14)15)11-12-13/h5-7,10H,2-4H2,1H3,(H,14,15)/t6-,7-/m1/s1. The highest BCUT2D eigenvalue weighted by Crippen LogP contribution is 2.18. The van der Waals surface area contributed by atoms with E-state index in [0.29, 0.717) is 6.04 Å². The first-order valence-corrected chi connectivity index (χ1v) is 5.05. The molecule has 2 atom stereocenters. The predicted molar refractivity (Wildman–Crippen MR) is 52.7 cm³/mol. The van der Waals surface area contributed by atoms with Crippen LogP contribution in [0.3, 0.4) is 0 Å². The summed E-state index contributed by atoms with van der Waals surface area (Å²) in [6.45, 7) is 2.96. The Bertz CT molecular complexity index is 355. The normalized spacial score (nSPS) is 26.5. The number of carbonyl (C=O) groups is 1. The minimum absolute atomic E-state index is 0.00798. The lowest BCUT2D eigenvalue weighted by Gasteiger charge is -2.27. The Morgan fingerprint density at radius 2 is 2.47 bits per heavy atom. The van der Waals surface area contributed by atoms with Crippen LogP contribution in [0.2, 0.25) is 0 Å². The Kier molecular flexibility index (Phi) is 2.68. The van der Waals surface area contributed by atoms with Crippen LogP contribution in [0.1, 0.15) is 36.3 Å². The fourth-order valence-electron chi connectivity index (χ4n) is 1.76. The van der Waals surface area contributed by atoms with Gasteiger partial charge in [0.25, 0.3) is 0 Å². The van der Waals surface area contributed by atoms with Crippen molar-refractivity contribution in [2.45, 2.75) is 31.8 Å². The van der Waals surface area contributed by atoms with E-state index in [1.54, 1.807) is 4.68 Å². The van der Waals surface area contributed by atoms with Crippen molar-refractivity contribution in [1.82, 2.24) is 20.3 Å². The fourth-order valence-corrected chi connectivity index (χ4v) is 1.76. The molecule has 6 nitrogen and oxygen atoms in total. The second kappa shape index (κ2) is 3.98. The van der Waals surface area contributed by atoms with Gasteiger partial charge in [0.1, 0.15) is 0 Å². The predicted octanol–water partition coefficient (Wildman–Crippen LogP) is 0.289. The Balaban J connectivity index is 2.06.